The summed E-state index contributed by atoms with van der Waals surface area (Å²) in [6, 6.07) is 8.22. The summed E-state index contributed by atoms with van der Waals surface area (Å²) in [5.74, 6) is -1.64. The molecule has 7 nitrogen and oxygen atoms in total. The van der Waals surface area contributed by atoms with Gasteiger partial charge >= 0.3 is 11.9 Å². The summed E-state index contributed by atoms with van der Waals surface area (Å²) >= 11 is 0. The van der Waals surface area contributed by atoms with Crippen molar-refractivity contribution in [2.75, 3.05) is 13.2 Å². The van der Waals surface area contributed by atoms with E-state index in [0.717, 1.165) is 44.0 Å². The van der Waals surface area contributed by atoms with Gasteiger partial charge in [-0.25, -0.2) is 9.59 Å². The Labute approximate surface area is 159 Å². The van der Waals surface area contributed by atoms with Crippen molar-refractivity contribution in [1.29, 1.82) is 0 Å². The number of rotatable bonds is 8. The van der Waals surface area contributed by atoms with E-state index in [9.17, 15) is 0 Å². The number of aryl methyl sites for hydroxylation is 2. The third-order valence-electron chi connectivity index (χ3n) is 3.83. The third kappa shape index (κ3) is 8.91. The summed E-state index contributed by atoms with van der Waals surface area (Å²) in [4.78, 5) is 18.2. The van der Waals surface area contributed by atoms with Gasteiger partial charge in [0, 0.05) is 0 Å². The Balaban J connectivity index is 0.000000527. The molecule has 7 heteroatoms. The molecule has 1 aromatic carbocycles. The fourth-order valence-electron chi connectivity index (χ4n) is 2.31. The zero-order valence-corrected chi connectivity index (χ0v) is 15.9. The van der Waals surface area contributed by atoms with Crippen LogP contribution in [0.5, 0.6) is 5.75 Å². The Hall–Kier alpha value is -2.80. The van der Waals surface area contributed by atoms with Crippen LogP contribution >= 0.6 is 0 Å². The molecule has 27 heavy (non-hydrogen) atoms. The molecule has 2 aromatic rings. The molecule has 0 atom stereocenters. The molecule has 0 spiro atoms. The highest BCUT2D eigenvalue weighted by atomic mass is 16.5. The molecule has 1 heterocycles. The van der Waals surface area contributed by atoms with E-state index >= 15 is 0 Å². The summed E-state index contributed by atoms with van der Waals surface area (Å²) in [5, 5.41) is 18.1. The van der Waals surface area contributed by atoms with Crippen molar-refractivity contribution in [3.63, 3.8) is 0 Å². The fraction of sp³-hybridized carbons (Fsp3) is 0.400. The van der Waals surface area contributed by atoms with Gasteiger partial charge < -0.3 is 24.7 Å². The van der Waals surface area contributed by atoms with Crippen LogP contribution in [0, 0.1) is 20.8 Å². The molecule has 0 bridgehead atoms. The lowest BCUT2D eigenvalue weighted by molar-refractivity contribution is -0.159. The van der Waals surface area contributed by atoms with Gasteiger partial charge in [-0.3, -0.25) is 0 Å². The van der Waals surface area contributed by atoms with Gasteiger partial charge in [0.15, 0.2) is 0 Å². The number of carboxylic acid groups (broad SMARTS) is 2. The molecule has 0 saturated heterocycles. The smallest absolute Gasteiger partial charge is 0.414 e. The van der Waals surface area contributed by atoms with E-state index in [1.54, 1.807) is 6.26 Å². The second-order valence-electron chi connectivity index (χ2n) is 6.13. The largest absolute Gasteiger partial charge is 0.493 e. The summed E-state index contributed by atoms with van der Waals surface area (Å²) in [5.41, 5.74) is 3.80. The van der Waals surface area contributed by atoms with E-state index in [0.29, 0.717) is 0 Å². The Morgan fingerprint density at radius 3 is 2.41 bits per heavy atom. The van der Waals surface area contributed by atoms with Crippen LogP contribution in [0.15, 0.2) is 34.9 Å². The second kappa shape index (κ2) is 11.7. The first kappa shape index (κ1) is 22.2. The highest BCUT2D eigenvalue weighted by Gasteiger charge is 2.04. The van der Waals surface area contributed by atoms with Crippen molar-refractivity contribution in [3.8, 4) is 5.75 Å². The number of carboxylic acids is 2. The molecule has 0 radical (unpaired) electrons. The lowest BCUT2D eigenvalue weighted by Gasteiger charge is -2.12. The molecule has 0 aliphatic rings. The average Bonchev–Trinajstić information content (AvgIpc) is 3.12. The standard InChI is InChI=1S/C18H25NO2.C2H2O4/c1-14-11-15(2)16(3)18(12-14)21-9-5-4-8-19-13-17-7-6-10-20-17;3-1(4)2(5)6/h6-7,10-12,19H,4-5,8-9,13H2,1-3H3;(H,3,4)(H,5,6). The molecule has 3 N–H and O–H groups in total. The number of furan rings is 1. The molecule has 148 valence electrons. The maximum Gasteiger partial charge on any atom is 0.414 e. The molecule has 0 amide bonds. The van der Waals surface area contributed by atoms with Crippen LogP contribution in [0.25, 0.3) is 0 Å². The number of hydrogen-bond donors (Lipinski definition) is 3. The molecular weight excluding hydrogens is 350 g/mol. The number of nitrogens with one attached hydrogen (secondary N) is 1. The first-order valence-electron chi connectivity index (χ1n) is 8.71. The first-order chi connectivity index (χ1) is 12.8. The fourth-order valence-corrected chi connectivity index (χ4v) is 2.31. The van der Waals surface area contributed by atoms with Crippen molar-refractivity contribution in [2.45, 2.75) is 40.2 Å². The number of ether oxygens (including phenoxy) is 1. The zero-order valence-electron chi connectivity index (χ0n) is 15.9. The predicted molar refractivity (Wildman–Crippen MR) is 101 cm³/mol. The van der Waals surface area contributed by atoms with E-state index in [2.05, 4.69) is 38.2 Å². The van der Waals surface area contributed by atoms with Gasteiger partial charge in [0.05, 0.1) is 19.4 Å². The summed E-state index contributed by atoms with van der Waals surface area (Å²) in [6.07, 6.45) is 3.86. The Morgan fingerprint density at radius 1 is 1.11 bits per heavy atom. The molecule has 0 unspecified atom stereocenters. The van der Waals surface area contributed by atoms with E-state index in [1.165, 1.54) is 16.7 Å². The van der Waals surface area contributed by atoms with Crippen LogP contribution in [0.2, 0.25) is 0 Å². The number of unbranched alkanes of at least 4 members (excludes halogenated alkanes) is 1. The SMILES string of the molecule is Cc1cc(C)c(C)c(OCCCCNCc2ccco2)c1.O=C(O)C(=O)O. The maximum atomic E-state index is 9.10. The minimum atomic E-state index is -1.82. The molecule has 2 rings (SSSR count). The van der Waals surface area contributed by atoms with Crippen molar-refractivity contribution in [2.24, 2.45) is 0 Å². The molecule has 0 saturated carbocycles. The van der Waals surface area contributed by atoms with Gasteiger partial charge in [0.2, 0.25) is 0 Å². The molecule has 1 aromatic heterocycles. The van der Waals surface area contributed by atoms with Crippen molar-refractivity contribution >= 4 is 11.9 Å². The Morgan fingerprint density at radius 2 is 1.81 bits per heavy atom. The maximum absolute atomic E-state index is 9.10. The number of benzene rings is 1. The van der Waals surface area contributed by atoms with E-state index < -0.39 is 11.9 Å². The van der Waals surface area contributed by atoms with Crippen LogP contribution in [0.4, 0.5) is 0 Å². The van der Waals surface area contributed by atoms with E-state index in [4.69, 9.17) is 29.0 Å². The van der Waals surface area contributed by atoms with Crippen molar-refractivity contribution in [1.82, 2.24) is 5.32 Å². The first-order valence-corrected chi connectivity index (χ1v) is 8.71. The van der Waals surface area contributed by atoms with Gasteiger partial charge in [0.25, 0.3) is 0 Å². The van der Waals surface area contributed by atoms with E-state index in [-0.39, 0.29) is 0 Å². The van der Waals surface area contributed by atoms with Crippen LogP contribution in [0.3, 0.4) is 0 Å². The van der Waals surface area contributed by atoms with Crippen LogP contribution < -0.4 is 10.1 Å². The quantitative estimate of drug-likeness (QED) is 0.478. The van der Waals surface area contributed by atoms with Gasteiger partial charge in [-0.1, -0.05) is 6.07 Å². The average molecular weight is 377 g/mol. The van der Waals surface area contributed by atoms with Gasteiger partial charge in [0.1, 0.15) is 11.5 Å². The minimum Gasteiger partial charge on any atom is -0.493 e. The normalized spacial score (nSPS) is 10.0. The lowest BCUT2D eigenvalue weighted by Crippen LogP contribution is -2.15. The number of hydrogen-bond acceptors (Lipinski definition) is 5. The van der Waals surface area contributed by atoms with Gasteiger partial charge in [-0.15, -0.1) is 0 Å². The van der Waals surface area contributed by atoms with Crippen molar-refractivity contribution < 1.29 is 29.0 Å². The number of carbonyl (C=O) groups is 2. The molecule has 0 aliphatic carbocycles. The van der Waals surface area contributed by atoms with Crippen molar-refractivity contribution in [3.05, 3.63) is 53.0 Å². The predicted octanol–water partition coefficient (Wildman–Crippen LogP) is 3.31. The minimum absolute atomic E-state index is 0.770. The third-order valence-corrected chi connectivity index (χ3v) is 3.83. The zero-order chi connectivity index (χ0) is 20.2. The highest BCUT2D eigenvalue weighted by molar-refractivity contribution is 6.27. The van der Waals surface area contributed by atoms with Crippen LogP contribution in [-0.4, -0.2) is 35.3 Å². The Bertz CT molecular complexity index is 712. The van der Waals surface area contributed by atoms with Gasteiger partial charge in [-0.2, -0.15) is 0 Å². The van der Waals surface area contributed by atoms with Gasteiger partial charge in [-0.05, 0) is 75.0 Å². The topological polar surface area (TPSA) is 109 Å². The lowest BCUT2D eigenvalue weighted by atomic mass is 10.1. The van der Waals surface area contributed by atoms with Crippen LogP contribution in [-0.2, 0) is 16.1 Å². The Kier molecular flexibility index (Phi) is 9.68. The highest BCUT2D eigenvalue weighted by Crippen LogP contribution is 2.23. The molecular formula is C20H27NO6. The second-order valence-corrected chi connectivity index (χ2v) is 6.13. The monoisotopic (exact) mass is 377 g/mol. The number of aliphatic carboxylic acids is 2. The van der Waals surface area contributed by atoms with Crippen LogP contribution in [0.1, 0.15) is 35.3 Å². The molecule has 0 fully saturated rings. The summed E-state index contributed by atoms with van der Waals surface area (Å²) < 4.78 is 11.2. The summed E-state index contributed by atoms with van der Waals surface area (Å²) in [7, 11) is 0. The summed E-state index contributed by atoms with van der Waals surface area (Å²) in [6.45, 7) is 8.91. The molecule has 0 aliphatic heterocycles. The van der Waals surface area contributed by atoms with E-state index in [1.807, 2.05) is 12.1 Å².